The molecule has 1 atom stereocenters. The third-order valence-corrected chi connectivity index (χ3v) is 0.590. The fourth-order valence-corrected chi connectivity index (χ4v) is 0.210. The molecule has 6 heavy (non-hydrogen) atoms. The van der Waals surface area contributed by atoms with Crippen LogP contribution in [0.15, 0.2) is 4.88 Å². The van der Waals surface area contributed by atoms with Gasteiger partial charge in [0, 0.05) is 10.4 Å². The highest BCUT2D eigenvalue weighted by Gasteiger charge is 1.98. The van der Waals surface area contributed by atoms with Crippen LogP contribution < -0.4 is 0 Å². The summed E-state index contributed by atoms with van der Waals surface area (Å²) in [5.74, 6) is 0. The Kier molecular flexibility index (Phi) is 2.85. The molecule has 0 aliphatic heterocycles. The van der Waals surface area contributed by atoms with Crippen molar-refractivity contribution in [2.75, 3.05) is 0 Å². The Morgan fingerprint density at radius 2 is 2.50 bits per heavy atom. The normalized spacial score (nSPS) is 9.17. The largest absolute Gasteiger partial charge is 0.531 e. The van der Waals surface area contributed by atoms with E-state index in [4.69, 9.17) is 5.53 Å². The van der Waals surface area contributed by atoms with Crippen molar-refractivity contribution in [2.45, 2.75) is 0 Å². The zero-order valence-corrected chi connectivity index (χ0v) is 4.43. The average molecular weight is 122 g/mol. The summed E-state index contributed by atoms with van der Waals surface area (Å²) in [6.45, 7) is 0. The standard InChI is InChI=1S/N3OPS/c1-2-3-5(4)6/p+1. The van der Waals surface area contributed by atoms with E-state index in [1.54, 1.807) is 0 Å². The lowest BCUT2D eigenvalue weighted by Crippen LogP contribution is -1.20. The summed E-state index contributed by atoms with van der Waals surface area (Å²) in [5.41, 5.74) is 7.46. The van der Waals surface area contributed by atoms with Crippen LogP contribution in [0.4, 0.5) is 0 Å². The van der Waals surface area contributed by atoms with E-state index in [0.29, 0.717) is 0 Å². The lowest BCUT2D eigenvalue weighted by atomic mass is 13.0. The molecule has 0 saturated carbocycles. The minimum atomic E-state index is -1.95. The minimum Gasteiger partial charge on any atom is -0.0424 e. The average Bonchev–Trinajstić information content (AvgIpc) is 1.35. The van der Waals surface area contributed by atoms with Crippen molar-refractivity contribution in [3.05, 3.63) is 10.4 Å². The molecular formula is HN3OPS+. The Balaban J connectivity index is 3.60. The fraction of sp³-hybridized carbons (Fsp3) is 0. The Hall–Kier alpha value is -0.240. The first-order valence-corrected chi connectivity index (χ1v) is 3.35. The minimum absolute atomic E-state index is 1.95. The molecule has 6 heteroatoms. The number of hydrogen-bond acceptors (Lipinski definition) is 1. The van der Waals surface area contributed by atoms with Crippen molar-refractivity contribution < 1.29 is 4.57 Å². The number of hydrogen-bond donors (Lipinski definition) is 1. The zero-order chi connectivity index (χ0) is 4.99. The molecule has 0 radical (unpaired) electrons. The van der Waals surface area contributed by atoms with E-state index >= 15 is 0 Å². The Labute approximate surface area is 40.2 Å². The molecule has 0 aromatic heterocycles. The van der Waals surface area contributed by atoms with Crippen LogP contribution in [0.3, 0.4) is 0 Å². The number of nitrogens with zero attached hydrogens (tertiary/aromatic N) is 3. The Bertz CT molecular complexity index is 103. The maximum absolute atomic E-state index is 9.64. The summed E-state index contributed by atoms with van der Waals surface area (Å²) in [6.07, 6.45) is 0. The first kappa shape index (κ1) is 5.76. The van der Waals surface area contributed by atoms with Gasteiger partial charge in [0.1, 0.15) is 12.2 Å². The van der Waals surface area contributed by atoms with E-state index in [-0.39, 0.29) is 0 Å². The third-order valence-electron chi connectivity index (χ3n) is 0.117. The summed E-state index contributed by atoms with van der Waals surface area (Å²) in [7, 11) is -1.95. The molecule has 4 nitrogen and oxygen atoms in total. The van der Waals surface area contributed by atoms with Crippen LogP contribution in [-0.2, 0) is 4.57 Å². The van der Waals surface area contributed by atoms with Crippen LogP contribution in [0.2, 0.25) is 0 Å². The molecule has 0 N–H and O–H groups in total. The highest BCUT2D eigenvalue weighted by molar-refractivity contribution is 8.40. The van der Waals surface area contributed by atoms with Crippen molar-refractivity contribution in [3.63, 3.8) is 0 Å². The summed E-state index contributed by atoms with van der Waals surface area (Å²) in [4.78, 5) is 4.88. The van der Waals surface area contributed by atoms with Crippen molar-refractivity contribution in [2.24, 2.45) is 4.88 Å². The summed E-state index contributed by atoms with van der Waals surface area (Å²) in [6, 6.07) is 0. The lowest BCUT2D eigenvalue weighted by molar-refractivity contribution is 0.597. The van der Waals surface area contributed by atoms with Crippen LogP contribution in [0.1, 0.15) is 0 Å². The topological polar surface area (TPSA) is 65.8 Å². The van der Waals surface area contributed by atoms with E-state index in [2.05, 4.69) is 22.0 Å². The fourth-order valence-electron chi connectivity index (χ4n) is 0.0342. The van der Waals surface area contributed by atoms with Gasteiger partial charge in [-0.05, 0) is 4.57 Å². The van der Waals surface area contributed by atoms with Gasteiger partial charge in [0.2, 0.25) is 0 Å². The first-order chi connectivity index (χ1) is 2.77. The van der Waals surface area contributed by atoms with Gasteiger partial charge in [0.05, 0.1) is 0 Å². The third kappa shape index (κ3) is 3.76. The maximum Gasteiger partial charge on any atom is 0.531 e. The van der Waals surface area contributed by atoms with Crippen LogP contribution in [0.25, 0.3) is 10.4 Å². The van der Waals surface area contributed by atoms with Gasteiger partial charge in [-0.2, -0.15) is 0 Å². The van der Waals surface area contributed by atoms with Gasteiger partial charge in [-0.3, -0.25) is 0 Å². The van der Waals surface area contributed by atoms with Gasteiger partial charge in [-0.25, -0.2) is 0 Å². The molecular weight excluding hydrogens is 121 g/mol. The van der Waals surface area contributed by atoms with E-state index in [9.17, 15) is 4.57 Å². The van der Waals surface area contributed by atoms with Crippen LogP contribution >= 0.6 is 19.4 Å². The molecule has 0 heterocycles. The van der Waals surface area contributed by atoms with Crippen LogP contribution in [-0.4, -0.2) is 0 Å². The van der Waals surface area contributed by atoms with Crippen molar-refractivity contribution in [1.82, 2.24) is 0 Å². The molecule has 0 fully saturated rings. The molecule has 0 aromatic rings. The number of thiol groups is 1. The molecule has 0 bridgehead atoms. The molecule has 1 unspecified atom stereocenters. The molecule has 32 valence electrons. The van der Waals surface area contributed by atoms with E-state index in [1.165, 1.54) is 0 Å². The summed E-state index contributed by atoms with van der Waals surface area (Å²) < 4.78 is 9.64. The molecule has 0 aliphatic carbocycles. The molecule has 0 amide bonds. The predicted molar refractivity (Wildman–Crippen MR) is 25.7 cm³/mol. The highest BCUT2D eigenvalue weighted by Crippen LogP contribution is 2.26. The monoisotopic (exact) mass is 122 g/mol. The molecule has 0 rings (SSSR count). The van der Waals surface area contributed by atoms with Gasteiger partial charge in [0.15, 0.2) is 4.88 Å². The smallest absolute Gasteiger partial charge is 0.0424 e. The second-order valence-corrected chi connectivity index (χ2v) is 2.14. The van der Waals surface area contributed by atoms with Crippen LogP contribution in [0, 0.1) is 0 Å². The van der Waals surface area contributed by atoms with Gasteiger partial charge in [-0.1, -0.05) is 0 Å². The SMILES string of the molecule is [N-]=[N+]=N[P+](=O)S. The Morgan fingerprint density at radius 3 is 2.50 bits per heavy atom. The zero-order valence-electron chi connectivity index (χ0n) is 2.64. The van der Waals surface area contributed by atoms with Gasteiger partial charge in [0.25, 0.3) is 0 Å². The van der Waals surface area contributed by atoms with E-state index in [0.717, 1.165) is 0 Å². The van der Waals surface area contributed by atoms with Gasteiger partial charge < -0.3 is 0 Å². The highest BCUT2D eigenvalue weighted by atomic mass is 32.7. The summed E-state index contributed by atoms with van der Waals surface area (Å²) in [5, 5.41) is 0. The molecule has 0 aromatic carbocycles. The maximum atomic E-state index is 9.64. The quantitative estimate of drug-likeness (QED) is 0.186. The van der Waals surface area contributed by atoms with Gasteiger partial charge in [-0.15, -0.1) is 0 Å². The molecule has 0 aliphatic rings. The van der Waals surface area contributed by atoms with Crippen molar-refractivity contribution in [3.8, 4) is 0 Å². The van der Waals surface area contributed by atoms with Crippen molar-refractivity contribution >= 4 is 19.4 Å². The number of azide groups is 1. The van der Waals surface area contributed by atoms with Gasteiger partial charge >= 0.3 is 7.15 Å². The predicted octanol–water partition coefficient (Wildman–Crippen LogP) is 1.88. The summed E-state index contributed by atoms with van der Waals surface area (Å²) >= 11 is 3.27. The second kappa shape index (κ2) is 2.97. The first-order valence-electron chi connectivity index (χ1n) is 0.983. The second-order valence-electron chi connectivity index (χ2n) is 0.432. The van der Waals surface area contributed by atoms with Crippen LogP contribution in [0.5, 0.6) is 0 Å². The Morgan fingerprint density at radius 1 is 2.00 bits per heavy atom. The van der Waals surface area contributed by atoms with Crippen molar-refractivity contribution in [1.29, 1.82) is 0 Å². The number of rotatable bonds is 1. The molecule has 0 saturated heterocycles. The van der Waals surface area contributed by atoms with E-state index < -0.39 is 7.15 Å². The van der Waals surface area contributed by atoms with E-state index in [1.807, 2.05) is 0 Å². The lowest BCUT2D eigenvalue weighted by Gasteiger charge is -1.39. The molecule has 0 spiro atoms.